The zero-order valence-electron chi connectivity index (χ0n) is 20.4. The molecule has 0 radical (unpaired) electrons. The molecule has 0 atom stereocenters. The number of benzene rings is 3. The Morgan fingerprint density at radius 2 is 1.29 bits per heavy atom. The Bertz CT molecular complexity index is 1820. The minimum absolute atomic E-state index is 0.506. The molecule has 7 aromatic rings. The first kappa shape index (κ1) is 21.9. The zero-order chi connectivity index (χ0) is 25.3. The third kappa shape index (κ3) is 3.96. The van der Waals surface area contributed by atoms with Crippen molar-refractivity contribution in [2.75, 3.05) is 0 Å². The number of aromatic nitrogens is 4. The molecule has 0 saturated carbocycles. The van der Waals surface area contributed by atoms with Crippen LogP contribution in [0.5, 0.6) is 11.6 Å². The lowest BCUT2D eigenvalue weighted by Crippen LogP contribution is -1.97. The number of hydrogen-bond acceptors (Lipinski definition) is 4. The second kappa shape index (κ2) is 9.30. The molecule has 7 rings (SSSR count). The molecule has 38 heavy (non-hydrogen) atoms. The van der Waals surface area contributed by atoms with E-state index in [9.17, 15) is 0 Å². The largest absolute Gasteiger partial charge is 0.439 e. The molecule has 4 heterocycles. The minimum atomic E-state index is 0.506. The summed E-state index contributed by atoms with van der Waals surface area (Å²) in [6.45, 7) is 0. The lowest BCUT2D eigenvalue weighted by Gasteiger charge is -2.11. The molecular weight excluding hydrogens is 468 g/mol. The van der Waals surface area contributed by atoms with Crippen LogP contribution in [0.2, 0.25) is 0 Å². The fraction of sp³-hybridized carbons (Fsp3) is 0. The first-order valence-corrected chi connectivity index (χ1v) is 12.4. The van der Waals surface area contributed by atoms with E-state index in [1.165, 1.54) is 5.39 Å². The van der Waals surface area contributed by atoms with Gasteiger partial charge in [-0.05, 0) is 48.5 Å². The molecule has 0 bridgehead atoms. The first-order valence-electron chi connectivity index (χ1n) is 12.4. The molecule has 0 saturated heterocycles. The number of hydrogen-bond donors (Lipinski definition) is 0. The molecule has 0 unspecified atom stereocenters. The second-order valence-corrected chi connectivity index (χ2v) is 8.98. The van der Waals surface area contributed by atoms with Crippen LogP contribution in [0.1, 0.15) is 0 Å². The van der Waals surface area contributed by atoms with Gasteiger partial charge in [0.15, 0.2) is 0 Å². The Morgan fingerprint density at radius 3 is 2.11 bits per heavy atom. The summed E-state index contributed by atoms with van der Waals surface area (Å²) in [6.07, 6.45) is 3.61. The van der Waals surface area contributed by atoms with Crippen LogP contribution in [0.4, 0.5) is 0 Å². The quantitative estimate of drug-likeness (QED) is 0.245. The van der Waals surface area contributed by atoms with Crippen molar-refractivity contribution in [1.29, 1.82) is 0 Å². The SMILES string of the molecule is c1ccc(-c2cc(-c3ccccn3)cc(Oc3ccc4c5ccccc5n(-c5ccccn5)c4c3)n2)cc1. The minimum Gasteiger partial charge on any atom is -0.439 e. The number of para-hydroxylation sites is 1. The van der Waals surface area contributed by atoms with Gasteiger partial charge in [-0.1, -0.05) is 60.7 Å². The predicted octanol–water partition coefficient (Wildman–Crippen LogP) is 8.10. The summed E-state index contributed by atoms with van der Waals surface area (Å²) in [5.41, 5.74) is 5.76. The van der Waals surface area contributed by atoms with Crippen LogP contribution in [-0.4, -0.2) is 19.5 Å². The first-order chi connectivity index (χ1) is 18.8. The third-order valence-electron chi connectivity index (χ3n) is 6.58. The van der Waals surface area contributed by atoms with E-state index in [-0.39, 0.29) is 0 Å². The number of ether oxygens (including phenoxy) is 1. The molecule has 0 spiro atoms. The summed E-state index contributed by atoms with van der Waals surface area (Å²) >= 11 is 0. The molecular formula is C33H22N4O. The molecule has 4 aromatic heterocycles. The molecule has 0 amide bonds. The van der Waals surface area contributed by atoms with Crippen molar-refractivity contribution in [2.24, 2.45) is 0 Å². The van der Waals surface area contributed by atoms with Gasteiger partial charge >= 0.3 is 0 Å². The Kier molecular flexibility index (Phi) is 5.37. The van der Waals surface area contributed by atoms with E-state index in [0.717, 1.165) is 44.8 Å². The highest BCUT2D eigenvalue weighted by molar-refractivity contribution is 6.09. The molecule has 0 fully saturated rings. The van der Waals surface area contributed by atoms with Gasteiger partial charge in [0.2, 0.25) is 5.88 Å². The van der Waals surface area contributed by atoms with Gasteiger partial charge in [-0.25, -0.2) is 9.97 Å². The van der Waals surface area contributed by atoms with E-state index in [1.807, 2.05) is 91.1 Å². The molecule has 0 N–H and O–H groups in total. The summed E-state index contributed by atoms with van der Waals surface area (Å²) in [5, 5.41) is 2.31. The Hall–Kier alpha value is -5.29. The van der Waals surface area contributed by atoms with Crippen molar-refractivity contribution < 1.29 is 4.74 Å². The summed E-state index contributed by atoms with van der Waals surface area (Å²) in [7, 11) is 0. The second-order valence-electron chi connectivity index (χ2n) is 8.98. The highest BCUT2D eigenvalue weighted by atomic mass is 16.5. The van der Waals surface area contributed by atoms with E-state index in [2.05, 4.69) is 50.9 Å². The molecule has 5 nitrogen and oxygen atoms in total. The predicted molar refractivity (Wildman–Crippen MR) is 152 cm³/mol. The smallest absolute Gasteiger partial charge is 0.220 e. The number of fused-ring (bicyclic) bond motifs is 3. The van der Waals surface area contributed by atoms with Crippen LogP contribution in [-0.2, 0) is 0 Å². The monoisotopic (exact) mass is 490 g/mol. The summed E-state index contributed by atoms with van der Waals surface area (Å²) in [5.74, 6) is 2.06. The molecule has 0 aliphatic heterocycles. The Morgan fingerprint density at radius 1 is 0.526 bits per heavy atom. The zero-order valence-corrected chi connectivity index (χ0v) is 20.4. The average molecular weight is 491 g/mol. The van der Waals surface area contributed by atoms with E-state index in [4.69, 9.17) is 9.72 Å². The van der Waals surface area contributed by atoms with Crippen LogP contribution >= 0.6 is 0 Å². The van der Waals surface area contributed by atoms with Crippen molar-refractivity contribution in [2.45, 2.75) is 0 Å². The average Bonchev–Trinajstić information content (AvgIpc) is 3.32. The molecule has 0 aliphatic carbocycles. The van der Waals surface area contributed by atoms with Crippen molar-refractivity contribution in [3.8, 4) is 40.0 Å². The van der Waals surface area contributed by atoms with E-state index < -0.39 is 0 Å². The van der Waals surface area contributed by atoms with E-state index in [1.54, 1.807) is 6.20 Å². The fourth-order valence-corrected chi connectivity index (χ4v) is 4.86. The molecule has 3 aromatic carbocycles. The maximum absolute atomic E-state index is 6.43. The van der Waals surface area contributed by atoms with Crippen LogP contribution in [0.25, 0.3) is 50.1 Å². The summed E-state index contributed by atoms with van der Waals surface area (Å²) in [4.78, 5) is 14.0. The van der Waals surface area contributed by atoms with Crippen LogP contribution in [0, 0.1) is 0 Å². The van der Waals surface area contributed by atoms with E-state index in [0.29, 0.717) is 11.6 Å². The lowest BCUT2D eigenvalue weighted by molar-refractivity contribution is 0.464. The molecule has 0 aliphatic rings. The third-order valence-corrected chi connectivity index (χ3v) is 6.58. The van der Waals surface area contributed by atoms with Gasteiger partial charge in [-0.3, -0.25) is 9.55 Å². The van der Waals surface area contributed by atoms with Gasteiger partial charge < -0.3 is 4.74 Å². The van der Waals surface area contributed by atoms with Gasteiger partial charge in [0.05, 0.1) is 22.4 Å². The van der Waals surface area contributed by atoms with Crippen LogP contribution in [0.15, 0.2) is 134 Å². The van der Waals surface area contributed by atoms with Crippen molar-refractivity contribution in [1.82, 2.24) is 19.5 Å². The topological polar surface area (TPSA) is 52.8 Å². The molecule has 5 heteroatoms. The Labute approximate surface area is 219 Å². The van der Waals surface area contributed by atoms with Crippen molar-refractivity contribution >= 4 is 21.8 Å². The van der Waals surface area contributed by atoms with Gasteiger partial charge in [0, 0.05) is 46.4 Å². The van der Waals surface area contributed by atoms with Crippen molar-refractivity contribution in [3.63, 3.8) is 0 Å². The summed E-state index contributed by atoms with van der Waals surface area (Å²) < 4.78 is 8.60. The van der Waals surface area contributed by atoms with E-state index >= 15 is 0 Å². The number of pyridine rings is 3. The van der Waals surface area contributed by atoms with Crippen molar-refractivity contribution in [3.05, 3.63) is 134 Å². The standard InChI is InChI=1S/C33H22N4O/c1-2-10-23(11-3-1)29-20-24(28-13-6-8-18-34-28)21-33(36-29)38-25-16-17-27-26-12-4-5-14-30(26)37(31(27)22-25)32-15-7-9-19-35-32/h1-22H. The molecule has 180 valence electrons. The van der Waals surface area contributed by atoms with Gasteiger partial charge in [-0.15, -0.1) is 0 Å². The maximum Gasteiger partial charge on any atom is 0.220 e. The Balaban J connectivity index is 1.37. The fourth-order valence-electron chi connectivity index (χ4n) is 4.86. The van der Waals surface area contributed by atoms with Crippen LogP contribution in [0.3, 0.4) is 0 Å². The lowest BCUT2D eigenvalue weighted by atomic mass is 10.1. The van der Waals surface area contributed by atoms with Gasteiger partial charge in [0.25, 0.3) is 0 Å². The highest BCUT2D eigenvalue weighted by Gasteiger charge is 2.15. The number of nitrogens with zero attached hydrogens (tertiary/aromatic N) is 4. The highest BCUT2D eigenvalue weighted by Crippen LogP contribution is 2.35. The van der Waals surface area contributed by atoms with Crippen LogP contribution < -0.4 is 4.74 Å². The maximum atomic E-state index is 6.43. The van der Waals surface area contributed by atoms with Gasteiger partial charge in [-0.2, -0.15) is 0 Å². The number of rotatable bonds is 5. The summed E-state index contributed by atoms with van der Waals surface area (Å²) in [6, 6.07) is 40.5. The van der Waals surface area contributed by atoms with Gasteiger partial charge in [0.1, 0.15) is 11.6 Å². The normalized spacial score (nSPS) is 11.2.